The highest BCUT2D eigenvalue weighted by Crippen LogP contribution is 2.34. The molecule has 4 rings (SSSR count). The first-order valence-corrected chi connectivity index (χ1v) is 14.1. The van der Waals surface area contributed by atoms with Crippen LogP contribution in [0.5, 0.6) is 5.75 Å². The Labute approximate surface area is 237 Å². The van der Waals surface area contributed by atoms with Crippen molar-refractivity contribution in [2.24, 2.45) is 0 Å². The smallest absolute Gasteiger partial charge is 0.410 e. The molecule has 2 N–H and O–H groups in total. The van der Waals surface area contributed by atoms with E-state index in [0.29, 0.717) is 36.0 Å². The number of hydrogen-bond donors (Lipinski definition) is 2. The molecule has 2 aromatic carbocycles. The topological polar surface area (TPSA) is 89.1 Å². The maximum atomic E-state index is 13.0. The average molecular weight is 609 g/mol. The molecular formula is C28H35BrClN3O5. The minimum absolute atomic E-state index is 0.0361. The van der Waals surface area contributed by atoms with Crippen LogP contribution in [0.4, 0.5) is 15.3 Å². The Morgan fingerprint density at radius 2 is 1.92 bits per heavy atom. The molecule has 0 aromatic heterocycles. The number of nitrogens with one attached hydrogen (secondary N) is 2. The van der Waals surface area contributed by atoms with Crippen LogP contribution in [0.2, 0.25) is 5.02 Å². The van der Waals surface area contributed by atoms with Crippen LogP contribution >= 0.6 is 27.5 Å². The summed E-state index contributed by atoms with van der Waals surface area (Å²) in [5.74, 6) is 0.522. The standard InChI is InChI=1S/C28H35BrClN3O5/c1-28(2,3)38-27(35)33-16-21(15-24(33)18-7-9-19(29)10-8-18)31-26(34)32-23-14-20(30)11-12-25(23)37-17-22-6-4-5-13-36-22/h7-12,14,21-22,24H,4-6,13,15-17H2,1-3H3,(H2,31,32,34). The van der Waals surface area contributed by atoms with Gasteiger partial charge in [-0.2, -0.15) is 0 Å². The summed E-state index contributed by atoms with van der Waals surface area (Å²) in [5.41, 5.74) is 0.812. The zero-order valence-corrected chi connectivity index (χ0v) is 24.3. The Morgan fingerprint density at radius 3 is 2.61 bits per heavy atom. The summed E-state index contributed by atoms with van der Waals surface area (Å²) >= 11 is 9.67. The van der Waals surface area contributed by atoms with E-state index in [1.165, 1.54) is 0 Å². The number of benzene rings is 2. The fourth-order valence-corrected chi connectivity index (χ4v) is 5.09. The van der Waals surface area contributed by atoms with Gasteiger partial charge in [-0.05, 0) is 82.3 Å². The second kappa shape index (κ2) is 12.6. The van der Waals surface area contributed by atoms with Crippen LogP contribution in [0.15, 0.2) is 46.9 Å². The van der Waals surface area contributed by atoms with Gasteiger partial charge in [-0.3, -0.25) is 4.90 Å². The Morgan fingerprint density at radius 1 is 1.16 bits per heavy atom. The van der Waals surface area contributed by atoms with E-state index in [0.717, 1.165) is 35.9 Å². The van der Waals surface area contributed by atoms with E-state index in [-0.39, 0.29) is 18.2 Å². The molecule has 0 aliphatic carbocycles. The number of nitrogens with zero attached hydrogens (tertiary/aromatic N) is 1. The molecule has 2 saturated heterocycles. The second-order valence-corrected chi connectivity index (χ2v) is 12.0. The second-order valence-electron chi connectivity index (χ2n) is 10.7. The van der Waals surface area contributed by atoms with Gasteiger partial charge < -0.3 is 24.8 Å². The number of carbonyl (C=O) groups is 2. The molecular weight excluding hydrogens is 574 g/mol. The summed E-state index contributed by atoms with van der Waals surface area (Å²) in [5, 5.41) is 6.36. The lowest BCUT2D eigenvalue weighted by Gasteiger charge is -2.28. The van der Waals surface area contributed by atoms with Crippen molar-refractivity contribution in [1.29, 1.82) is 0 Å². The number of rotatable bonds is 6. The number of urea groups is 1. The molecule has 2 aliphatic rings. The molecule has 0 radical (unpaired) electrons. The lowest BCUT2D eigenvalue weighted by molar-refractivity contribution is -0.0109. The first-order chi connectivity index (χ1) is 18.1. The summed E-state index contributed by atoms with van der Waals surface area (Å²) in [7, 11) is 0. The molecule has 2 aromatic rings. The Kier molecular flexibility index (Phi) is 9.44. The molecule has 3 unspecified atom stereocenters. The van der Waals surface area contributed by atoms with Gasteiger partial charge in [-0.1, -0.05) is 39.7 Å². The van der Waals surface area contributed by atoms with Crippen LogP contribution in [-0.4, -0.2) is 54.5 Å². The predicted octanol–water partition coefficient (Wildman–Crippen LogP) is 6.92. The monoisotopic (exact) mass is 607 g/mol. The molecule has 206 valence electrons. The Hall–Kier alpha value is -2.49. The normalized spacial score (nSPS) is 21.6. The fraction of sp³-hybridized carbons (Fsp3) is 0.500. The molecule has 2 heterocycles. The van der Waals surface area contributed by atoms with Gasteiger partial charge >= 0.3 is 12.1 Å². The third kappa shape index (κ3) is 8.01. The molecule has 3 amide bonds. The minimum atomic E-state index is -0.629. The molecule has 10 heteroatoms. The molecule has 2 aliphatic heterocycles. The van der Waals surface area contributed by atoms with Crippen molar-refractivity contribution >= 4 is 45.3 Å². The van der Waals surface area contributed by atoms with Gasteiger partial charge in [0.05, 0.1) is 23.9 Å². The zero-order valence-electron chi connectivity index (χ0n) is 22.0. The summed E-state index contributed by atoms with van der Waals surface area (Å²) in [6.07, 6.45) is 3.31. The third-order valence-corrected chi connectivity index (χ3v) is 7.17. The van der Waals surface area contributed by atoms with E-state index in [9.17, 15) is 9.59 Å². The maximum absolute atomic E-state index is 13.0. The molecule has 8 nitrogen and oxygen atoms in total. The fourth-order valence-electron chi connectivity index (χ4n) is 4.65. The van der Waals surface area contributed by atoms with Crippen LogP contribution < -0.4 is 15.4 Å². The molecule has 3 atom stereocenters. The Bertz CT molecular complexity index is 1120. The van der Waals surface area contributed by atoms with E-state index < -0.39 is 17.7 Å². The van der Waals surface area contributed by atoms with Crippen LogP contribution in [0.3, 0.4) is 0 Å². The van der Waals surface area contributed by atoms with Crippen molar-refractivity contribution in [3.63, 3.8) is 0 Å². The number of ether oxygens (including phenoxy) is 3. The lowest BCUT2D eigenvalue weighted by atomic mass is 10.0. The van der Waals surface area contributed by atoms with Crippen LogP contribution in [0.25, 0.3) is 0 Å². The van der Waals surface area contributed by atoms with Gasteiger partial charge in [0, 0.05) is 22.6 Å². The van der Waals surface area contributed by atoms with Crippen molar-refractivity contribution in [3.05, 3.63) is 57.5 Å². The van der Waals surface area contributed by atoms with Crippen LogP contribution in [0.1, 0.15) is 58.1 Å². The number of amides is 3. The molecule has 38 heavy (non-hydrogen) atoms. The van der Waals surface area contributed by atoms with E-state index in [2.05, 4.69) is 26.6 Å². The van der Waals surface area contributed by atoms with Gasteiger partial charge in [-0.15, -0.1) is 0 Å². The summed E-state index contributed by atoms with van der Waals surface area (Å²) < 4.78 is 18.3. The highest BCUT2D eigenvalue weighted by molar-refractivity contribution is 9.10. The number of anilines is 1. The van der Waals surface area contributed by atoms with Gasteiger partial charge in [0.1, 0.15) is 18.0 Å². The van der Waals surface area contributed by atoms with E-state index >= 15 is 0 Å². The minimum Gasteiger partial charge on any atom is -0.489 e. The molecule has 0 saturated carbocycles. The highest BCUT2D eigenvalue weighted by atomic mass is 79.9. The molecule has 2 fully saturated rings. The van der Waals surface area contributed by atoms with Crippen molar-refractivity contribution in [3.8, 4) is 5.75 Å². The maximum Gasteiger partial charge on any atom is 0.410 e. The number of halogens is 2. The first kappa shape index (κ1) is 28.5. The van der Waals surface area contributed by atoms with Crippen LogP contribution in [0, 0.1) is 0 Å². The largest absolute Gasteiger partial charge is 0.489 e. The van der Waals surface area contributed by atoms with E-state index in [1.54, 1.807) is 23.1 Å². The van der Waals surface area contributed by atoms with Gasteiger partial charge in [0.15, 0.2) is 0 Å². The van der Waals surface area contributed by atoms with Gasteiger partial charge in [0.2, 0.25) is 0 Å². The predicted molar refractivity (Wildman–Crippen MR) is 151 cm³/mol. The quantitative estimate of drug-likeness (QED) is 0.372. The van der Waals surface area contributed by atoms with Gasteiger partial charge in [-0.25, -0.2) is 9.59 Å². The van der Waals surface area contributed by atoms with Crippen molar-refractivity contribution in [2.75, 3.05) is 25.1 Å². The van der Waals surface area contributed by atoms with E-state index in [4.69, 9.17) is 25.8 Å². The SMILES string of the molecule is CC(C)(C)OC(=O)N1CC(NC(=O)Nc2cc(Cl)ccc2OCC2CCCCO2)CC1c1ccc(Br)cc1. The number of hydrogen-bond acceptors (Lipinski definition) is 5. The molecule has 0 spiro atoms. The van der Waals surface area contributed by atoms with Crippen LogP contribution in [-0.2, 0) is 9.47 Å². The molecule has 0 bridgehead atoms. The average Bonchev–Trinajstić information content (AvgIpc) is 3.27. The highest BCUT2D eigenvalue weighted by Gasteiger charge is 2.39. The summed E-state index contributed by atoms with van der Waals surface area (Å²) in [6, 6.07) is 12.0. The lowest BCUT2D eigenvalue weighted by Crippen LogP contribution is -2.42. The number of likely N-dealkylation sites (tertiary alicyclic amines) is 1. The van der Waals surface area contributed by atoms with Crippen molar-refractivity contribution < 1.29 is 23.8 Å². The Balaban J connectivity index is 1.42. The number of carbonyl (C=O) groups excluding carboxylic acids is 2. The van der Waals surface area contributed by atoms with E-state index in [1.807, 2.05) is 45.0 Å². The van der Waals surface area contributed by atoms with Gasteiger partial charge in [0.25, 0.3) is 0 Å². The third-order valence-electron chi connectivity index (χ3n) is 6.41. The van der Waals surface area contributed by atoms with Crippen molar-refractivity contribution in [2.45, 2.75) is 70.2 Å². The summed E-state index contributed by atoms with van der Waals surface area (Å²) in [4.78, 5) is 27.8. The van der Waals surface area contributed by atoms with Crippen molar-refractivity contribution in [1.82, 2.24) is 10.2 Å². The first-order valence-electron chi connectivity index (χ1n) is 12.9. The summed E-state index contributed by atoms with van der Waals surface area (Å²) in [6.45, 7) is 6.98. The zero-order chi connectivity index (χ0) is 27.3.